The predicted molar refractivity (Wildman–Crippen MR) is 404 cm³/mol. The van der Waals surface area contributed by atoms with Crippen LogP contribution in [0.3, 0.4) is 0 Å². The van der Waals surface area contributed by atoms with E-state index in [-0.39, 0.29) is 43.5 Å². The van der Waals surface area contributed by atoms with Gasteiger partial charge in [0.15, 0.2) is 5.78 Å². The van der Waals surface area contributed by atoms with Gasteiger partial charge >= 0.3 is 35.8 Å². The number of aliphatic hydroxyl groups excluding tert-OH is 1. The van der Waals surface area contributed by atoms with Crippen LogP contribution in [-0.2, 0) is 102 Å². The fourth-order valence-corrected chi connectivity index (χ4v) is 11.4. The zero-order valence-corrected chi connectivity index (χ0v) is 64.1. The summed E-state index contributed by atoms with van der Waals surface area (Å²) in [6.07, 6.45) is -1.42. The zero-order valence-electron chi connectivity index (χ0n) is 64.1. The lowest BCUT2D eigenvalue weighted by Crippen LogP contribution is -2.61. The summed E-state index contributed by atoms with van der Waals surface area (Å²) < 4.78 is 5.64. The summed E-state index contributed by atoms with van der Waals surface area (Å²) in [5.74, 6) is -29.0. The van der Waals surface area contributed by atoms with Gasteiger partial charge in [-0.15, -0.1) is 0 Å². The molecule has 116 heavy (non-hydrogen) atoms. The van der Waals surface area contributed by atoms with Crippen LogP contribution in [0.25, 0.3) is 10.9 Å². The van der Waals surface area contributed by atoms with Gasteiger partial charge in [0.05, 0.1) is 57.8 Å². The number of H-pyrrole nitrogens is 1. The maximum atomic E-state index is 14.8. The number of Topliss-reactive ketones (excluding diaryl/α,β-unsaturated/α-hetero) is 1. The van der Waals surface area contributed by atoms with Gasteiger partial charge in [-0.25, -0.2) is 9.59 Å². The minimum atomic E-state index is -2.39. The molecule has 44 nitrogen and oxygen atoms in total. The first-order chi connectivity index (χ1) is 54.7. The molecule has 0 aliphatic rings. The molecule has 0 aliphatic carbocycles. The fraction of sp³-hybridized carbons (Fsp3) is 0.528. The van der Waals surface area contributed by atoms with E-state index in [1.165, 1.54) is 24.3 Å². The van der Waals surface area contributed by atoms with Gasteiger partial charge in [0.25, 0.3) is 0 Å². The smallest absolute Gasteiger partial charge is 0.329 e. The van der Waals surface area contributed by atoms with Crippen LogP contribution in [0.15, 0.2) is 54.7 Å². The van der Waals surface area contributed by atoms with E-state index >= 15 is 0 Å². The number of aliphatic hydroxyl groups is 1. The second kappa shape index (κ2) is 49.7. The molecular weight excluding hydrogens is 1530 g/mol. The van der Waals surface area contributed by atoms with Crippen LogP contribution in [0.4, 0.5) is 5.69 Å². The fourth-order valence-electron chi connectivity index (χ4n) is 11.4. The summed E-state index contributed by atoms with van der Waals surface area (Å²) in [7, 11) is 0. The van der Waals surface area contributed by atoms with E-state index in [0.717, 1.165) is 52.9 Å². The highest BCUT2D eigenvalue weighted by Crippen LogP contribution is 2.21. The van der Waals surface area contributed by atoms with Crippen molar-refractivity contribution in [1.29, 1.82) is 0 Å². The summed E-state index contributed by atoms with van der Waals surface area (Å²) in [6, 6.07) is -9.46. The number of carbonyl (C=O) groups excluding carboxylic acids is 15. The Balaban J connectivity index is 2.07. The number of aromatic amines is 1. The number of nitrogens with two attached hydrogens (primary N) is 4. The molecule has 0 radical (unpaired) electrons. The van der Waals surface area contributed by atoms with Crippen molar-refractivity contribution in [1.82, 2.24) is 68.8 Å². The van der Waals surface area contributed by atoms with Crippen LogP contribution < -0.4 is 86.7 Å². The molecule has 0 saturated carbocycles. The van der Waals surface area contributed by atoms with E-state index in [1.807, 2.05) is 16.0 Å². The van der Waals surface area contributed by atoms with Gasteiger partial charge in [-0.3, -0.25) is 86.3 Å². The number of nitrogen functional groups attached to an aromatic ring is 1. The van der Waals surface area contributed by atoms with Crippen molar-refractivity contribution in [2.75, 3.05) is 32.0 Å². The Bertz CT molecular complexity index is 4020. The third kappa shape index (κ3) is 34.7. The predicted octanol–water partition coefficient (Wildman–Crippen LogP) is -5.71. The Labute approximate surface area is 663 Å². The summed E-state index contributed by atoms with van der Waals surface area (Å²) in [6.45, 7) is 1.49. The Morgan fingerprint density at radius 3 is 1.55 bits per heavy atom. The molecule has 13 amide bonds. The highest BCUT2D eigenvalue weighted by atomic mass is 16.5. The van der Waals surface area contributed by atoms with Gasteiger partial charge in [-0.1, -0.05) is 82.7 Å². The van der Waals surface area contributed by atoms with Crippen LogP contribution in [-0.4, -0.2) is 253 Å². The number of carboxylic acids is 5. The van der Waals surface area contributed by atoms with Gasteiger partial charge < -0.3 is 127 Å². The second-order valence-corrected chi connectivity index (χ2v) is 27.1. The van der Waals surface area contributed by atoms with E-state index in [9.17, 15) is 121 Å². The summed E-state index contributed by atoms with van der Waals surface area (Å²) in [5.41, 5.74) is 23.4. The van der Waals surface area contributed by atoms with Crippen molar-refractivity contribution in [3.63, 3.8) is 0 Å². The van der Waals surface area contributed by atoms with Gasteiger partial charge in [-0.2, -0.15) is 0 Å². The quantitative estimate of drug-likeness (QED) is 0.0108. The number of carboxylic acid groups (broad SMARTS) is 5. The van der Waals surface area contributed by atoms with E-state index in [1.54, 1.807) is 30.5 Å². The average molecular weight is 1640 g/mol. The molecule has 0 fully saturated rings. The molecule has 1 heterocycles. The Morgan fingerprint density at radius 1 is 0.474 bits per heavy atom. The molecule has 2 unspecified atom stereocenters. The Kier molecular flexibility index (Phi) is 41.7. The normalized spacial score (nSPS) is 14.3. The van der Waals surface area contributed by atoms with Gasteiger partial charge in [0.2, 0.25) is 76.8 Å². The number of hydrogen-bond acceptors (Lipinski definition) is 25. The first-order valence-corrected chi connectivity index (χ1v) is 36.8. The average Bonchev–Trinajstić information content (AvgIpc) is 1.54. The van der Waals surface area contributed by atoms with Crippen LogP contribution in [0.1, 0.15) is 146 Å². The number of rotatable bonds is 55. The van der Waals surface area contributed by atoms with Crippen molar-refractivity contribution >= 4 is 135 Å². The van der Waals surface area contributed by atoms with Crippen LogP contribution in [0.2, 0.25) is 0 Å². The molecule has 44 heteroatoms. The number of benzene rings is 2. The summed E-state index contributed by atoms with van der Waals surface area (Å²) in [4.78, 5) is 269. The topological polar surface area (TPSA) is 736 Å². The number of ketones is 1. The van der Waals surface area contributed by atoms with Gasteiger partial charge in [0, 0.05) is 47.6 Å². The number of nitrogens with one attached hydrogen (secondary N) is 13. The van der Waals surface area contributed by atoms with Gasteiger partial charge in [0.1, 0.15) is 66.5 Å². The van der Waals surface area contributed by atoms with E-state index in [0.29, 0.717) is 29.3 Å². The first kappa shape index (κ1) is 97.5. The Morgan fingerprint density at radius 2 is 0.974 bits per heavy atom. The molecule has 3 rings (SSSR count). The summed E-state index contributed by atoms with van der Waals surface area (Å²) >= 11 is 0. The molecule has 638 valence electrons. The van der Waals surface area contributed by atoms with Crippen LogP contribution >= 0.6 is 0 Å². The minimum absolute atomic E-state index is 0.00976. The number of fused-ring (bicyclic) bond motifs is 1. The second-order valence-electron chi connectivity index (χ2n) is 27.1. The van der Waals surface area contributed by atoms with Crippen LogP contribution in [0, 0.1) is 5.92 Å². The molecule has 3 aromatic rings. The van der Waals surface area contributed by atoms with Crippen molar-refractivity contribution in [2.45, 2.75) is 209 Å². The number of esters is 1. The maximum absolute atomic E-state index is 14.8. The highest BCUT2D eigenvalue weighted by Gasteiger charge is 2.41. The lowest BCUT2D eigenvalue weighted by molar-refractivity contribution is -0.156. The number of carbonyl (C=O) groups is 20. The number of unbranched alkanes of at least 4 members (excludes halogenated alkanes) is 6. The zero-order chi connectivity index (χ0) is 87.1. The number of aliphatic carboxylic acids is 5. The highest BCUT2D eigenvalue weighted by molar-refractivity contribution is 6.05. The van der Waals surface area contributed by atoms with E-state index in [2.05, 4.69) is 59.8 Å². The van der Waals surface area contributed by atoms with E-state index in [4.69, 9.17) is 32.8 Å². The number of anilines is 1. The standard InChI is InChI=1S/C72H103N17O27/c1-5-6-7-8-9-10-11-22-53(93)82-45(25-38-31-77-43-20-15-13-17-39(38)43)65(107)85-46(28-52(76)92)66(108)86-48(30-59(102)103)67(109)89-61(69(111)79-33-54(94)81-44(71(113)114)21-16-23-73)37(4)116-72(115)49(27-51(91)40-18-12-14-19-41(40)74)87-70(112)60(35(2)24-56(96)97)88-68(110)50(34-90)83-55(95)32-78-64(106)47(29-58(100)101)84-62(104)36(3)80-63(105)42(75)26-57(98)99/h12-15,17-20,31,35-37,42,44-50,60-61,77,90H,5-11,16,21-30,32-34,73-75H2,1-4H3,(H2,76,92)(H,78,106)(H,79,111)(H,80,105)(H,81,94)(H,82,93)(H,83,95)(H,84,104)(H,85,107)(H,86,108)(H,87,112)(H,88,110)(H,89,109)(H,96,97)(H,98,99)(H,100,101)(H,102,103)(H,113,114)/t35-,36+,37?,42-,44+,45-,46-,47-,48-,49-,50-,60-,61?/m0/s1. The van der Waals surface area contributed by atoms with Crippen LogP contribution in [0.5, 0.6) is 0 Å². The maximum Gasteiger partial charge on any atom is 0.329 e. The number of hydrogen-bond donors (Lipinski definition) is 23. The van der Waals surface area contributed by atoms with Gasteiger partial charge in [-0.05, 0) is 69.3 Å². The lowest BCUT2D eigenvalue weighted by Gasteiger charge is -2.30. The largest absolute Gasteiger partial charge is 0.481 e. The summed E-state index contributed by atoms with van der Waals surface area (Å²) in [5, 5.41) is 85.0. The Hall–Kier alpha value is -12.7. The monoisotopic (exact) mass is 1640 g/mol. The van der Waals surface area contributed by atoms with Crippen molar-refractivity contribution < 1.29 is 131 Å². The number of amides is 13. The van der Waals surface area contributed by atoms with Crippen molar-refractivity contribution in [3.05, 3.63) is 65.9 Å². The molecular formula is C72H103N17O27. The molecule has 0 saturated heterocycles. The molecule has 0 bridgehead atoms. The number of aromatic nitrogens is 1. The minimum Gasteiger partial charge on any atom is -0.481 e. The number of primary amides is 1. The first-order valence-electron chi connectivity index (χ1n) is 36.8. The number of ether oxygens (including phenoxy) is 1. The molecule has 0 aliphatic heterocycles. The molecule has 27 N–H and O–H groups in total. The SMILES string of the molecule is CCCCCCCCCC(=O)N[C@@H](Cc1c[nH]c2ccccc12)C(=O)N[C@@H](CC(N)=O)C(=O)N[C@@H](CC(=O)O)C(=O)NC(C(=O)NCC(=O)N[C@H](CCCN)C(=O)O)C(C)OC(=O)[C@H](CC(=O)c1ccccc1N)NC(=O)[C@@H](NC(=O)[C@H](CO)NC(=O)CNC(=O)[C@H](CC(=O)O)NC(=O)[C@@H](C)NC(=O)[C@@H](N)CC(=O)O)[C@@H](C)CC(=O)O. The molecule has 2 aromatic carbocycles. The van der Waals surface area contributed by atoms with Crippen molar-refractivity contribution in [3.8, 4) is 0 Å². The third-order valence-electron chi connectivity index (χ3n) is 17.6. The molecule has 13 atom stereocenters. The van der Waals surface area contributed by atoms with Crippen molar-refractivity contribution in [2.24, 2.45) is 23.1 Å². The number of para-hydroxylation sites is 2. The van der Waals surface area contributed by atoms with E-state index < -0.39 is 255 Å². The molecule has 0 spiro atoms. The lowest BCUT2D eigenvalue weighted by atomic mass is 9.96. The molecule has 1 aromatic heterocycles. The third-order valence-corrected chi connectivity index (χ3v) is 17.6.